The summed E-state index contributed by atoms with van der Waals surface area (Å²) in [5.74, 6) is 0.109. The van der Waals surface area contributed by atoms with Crippen molar-refractivity contribution in [3.63, 3.8) is 0 Å². The van der Waals surface area contributed by atoms with Crippen molar-refractivity contribution in [2.45, 2.75) is 20.8 Å². The smallest absolute Gasteiger partial charge is 0.261 e. The van der Waals surface area contributed by atoms with Crippen molar-refractivity contribution in [1.82, 2.24) is 4.98 Å². The molecule has 1 N–H and O–H groups in total. The largest absolute Gasteiger partial charge is 0.480 e. The summed E-state index contributed by atoms with van der Waals surface area (Å²) in [5, 5.41) is 2.94. The first kappa shape index (κ1) is 14.1. The lowest BCUT2D eigenvalue weighted by molar-refractivity contribution is 0.102. The fourth-order valence-electron chi connectivity index (χ4n) is 2.28. The van der Waals surface area contributed by atoms with Crippen LogP contribution in [0.3, 0.4) is 0 Å². The molecule has 104 valence electrons. The standard InChI is InChI=1S/C16H18N2O2/c1-10-8-11(2)14(12(3)9-10)18-15(19)13-6-5-7-17-16(13)20-4/h5-9H,1-4H3,(H,18,19). The number of benzene rings is 1. The summed E-state index contributed by atoms with van der Waals surface area (Å²) < 4.78 is 5.11. The third kappa shape index (κ3) is 2.79. The van der Waals surface area contributed by atoms with Crippen LogP contribution in [-0.4, -0.2) is 18.0 Å². The second-order valence-electron chi connectivity index (χ2n) is 4.79. The van der Waals surface area contributed by atoms with Gasteiger partial charge >= 0.3 is 0 Å². The third-order valence-corrected chi connectivity index (χ3v) is 3.12. The van der Waals surface area contributed by atoms with Crippen molar-refractivity contribution in [3.05, 3.63) is 52.7 Å². The van der Waals surface area contributed by atoms with Gasteiger partial charge in [-0.2, -0.15) is 0 Å². The molecule has 0 spiro atoms. The topological polar surface area (TPSA) is 51.2 Å². The minimum absolute atomic E-state index is 0.218. The second kappa shape index (κ2) is 5.74. The van der Waals surface area contributed by atoms with Crippen LogP contribution in [0.1, 0.15) is 27.0 Å². The van der Waals surface area contributed by atoms with Crippen LogP contribution in [0.2, 0.25) is 0 Å². The third-order valence-electron chi connectivity index (χ3n) is 3.12. The Morgan fingerprint density at radius 1 is 1.20 bits per heavy atom. The number of nitrogens with one attached hydrogen (secondary N) is 1. The summed E-state index contributed by atoms with van der Waals surface area (Å²) in [5.41, 5.74) is 4.52. The highest BCUT2D eigenvalue weighted by atomic mass is 16.5. The first-order valence-corrected chi connectivity index (χ1v) is 6.41. The van der Waals surface area contributed by atoms with Crippen molar-refractivity contribution in [3.8, 4) is 5.88 Å². The number of carbonyl (C=O) groups excluding carboxylic acids is 1. The number of methoxy groups -OCH3 is 1. The number of amides is 1. The van der Waals surface area contributed by atoms with Gasteiger partial charge in [0.2, 0.25) is 5.88 Å². The van der Waals surface area contributed by atoms with Crippen LogP contribution < -0.4 is 10.1 Å². The first-order valence-electron chi connectivity index (χ1n) is 6.41. The molecule has 0 aliphatic rings. The number of hydrogen-bond donors (Lipinski definition) is 1. The van der Waals surface area contributed by atoms with Crippen LogP contribution in [0.25, 0.3) is 0 Å². The summed E-state index contributed by atoms with van der Waals surface area (Å²) in [6.45, 7) is 6.00. The number of carbonyl (C=O) groups is 1. The lowest BCUT2D eigenvalue weighted by Crippen LogP contribution is -2.15. The first-order chi connectivity index (χ1) is 9.52. The molecule has 0 radical (unpaired) electrons. The van der Waals surface area contributed by atoms with Crippen LogP contribution in [0, 0.1) is 20.8 Å². The number of ether oxygens (including phenoxy) is 1. The molecule has 2 aromatic rings. The molecule has 1 aromatic heterocycles. The number of aryl methyl sites for hydroxylation is 3. The molecular weight excluding hydrogens is 252 g/mol. The van der Waals surface area contributed by atoms with E-state index in [0.717, 1.165) is 16.8 Å². The molecule has 1 aromatic carbocycles. The van der Waals surface area contributed by atoms with E-state index in [-0.39, 0.29) is 5.91 Å². The summed E-state index contributed by atoms with van der Waals surface area (Å²) in [6.07, 6.45) is 1.60. The molecule has 0 aliphatic heterocycles. The molecule has 1 amide bonds. The quantitative estimate of drug-likeness (QED) is 0.931. The van der Waals surface area contributed by atoms with E-state index in [2.05, 4.69) is 10.3 Å². The highest BCUT2D eigenvalue weighted by Crippen LogP contribution is 2.23. The minimum Gasteiger partial charge on any atom is -0.480 e. The number of hydrogen-bond acceptors (Lipinski definition) is 3. The van der Waals surface area contributed by atoms with E-state index in [0.29, 0.717) is 11.4 Å². The normalized spacial score (nSPS) is 10.2. The van der Waals surface area contributed by atoms with Crippen molar-refractivity contribution < 1.29 is 9.53 Å². The van der Waals surface area contributed by atoms with Crippen LogP contribution in [0.4, 0.5) is 5.69 Å². The van der Waals surface area contributed by atoms with Crippen molar-refractivity contribution in [2.24, 2.45) is 0 Å². The Morgan fingerprint density at radius 3 is 2.45 bits per heavy atom. The molecule has 0 aliphatic carbocycles. The van der Waals surface area contributed by atoms with Gasteiger partial charge in [-0.3, -0.25) is 4.79 Å². The highest BCUT2D eigenvalue weighted by molar-refractivity contribution is 6.06. The van der Waals surface area contributed by atoms with Gasteiger partial charge in [0.25, 0.3) is 5.91 Å². The highest BCUT2D eigenvalue weighted by Gasteiger charge is 2.15. The van der Waals surface area contributed by atoms with Gasteiger partial charge < -0.3 is 10.1 Å². The van der Waals surface area contributed by atoms with Gasteiger partial charge in [-0.15, -0.1) is 0 Å². The van der Waals surface area contributed by atoms with Crippen LogP contribution in [0.15, 0.2) is 30.5 Å². The molecule has 0 fully saturated rings. The Morgan fingerprint density at radius 2 is 1.85 bits per heavy atom. The molecule has 2 rings (SSSR count). The average Bonchev–Trinajstić information content (AvgIpc) is 2.42. The average molecular weight is 270 g/mol. The van der Waals surface area contributed by atoms with Crippen LogP contribution >= 0.6 is 0 Å². The molecule has 0 saturated carbocycles. The monoisotopic (exact) mass is 270 g/mol. The number of nitrogens with zero attached hydrogens (tertiary/aromatic N) is 1. The predicted molar refractivity (Wildman–Crippen MR) is 79.4 cm³/mol. The summed E-state index contributed by atoms with van der Waals surface area (Å²) in [6, 6.07) is 7.50. The van der Waals surface area contributed by atoms with Gasteiger partial charge in [0, 0.05) is 11.9 Å². The van der Waals surface area contributed by atoms with Crippen molar-refractivity contribution in [1.29, 1.82) is 0 Å². The van der Waals surface area contributed by atoms with E-state index in [1.165, 1.54) is 12.7 Å². The predicted octanol–water partition coefficient (Wildman–Crippen LogP) is 3.27. The Labute approximate surface area is 118 Å². The summed E-state index contributed by atoms with van der Waals surface area (Å²) in [4.78, 5) is 16.4. The fraction of sp³-hybridized carbons (Fsp3) is 0.250. The number of rotatable bonds is 3. The van der Waals surface area contributed by atoms with E-state index in [4.69, 9.17) is 4.74 Å². The maximum Gasteiger partial charge on any atom is 0.261 e. The molecule has 1 heterocycles. The molecule has 0 saturated heterocycles. The maximum absolute atomic E-state index is 12.4. The van der Waals surface area contributed by atoms with E-state index in [1.54, 1.807) is 18.3 Å². The molecule has 20 heavy (non-hydrogen) atoms. The van der Waals surface area contributed by atoms with Gasteiger partial charge in [-0.05, 0) is 44.0 Å². The molecular formula is C16H18N2O2. The number of anilines is 1. The lowest BCUT2D eigenvalue weighted by Gasteiger charge is -2.13. The van der Waals surface area contributed by atoms with Crippen LogP contribution in [0.5, 0.6) is 5.88 Å². The van der Waals surface area contributed by atoms with E-state index >= 15 is 0 Å². The van der Waals surface area contributed by atoms with E-state index in [1.807, 2.05) is 32.9 Å². The zero-order valence-corrected chi connectivity index (χ0v) is 12.2. The number of aromatic nitrogens is 1. The Bertz CT molecular complexity index is 628. The number of pyridine rings is 1. The maximum atomic E-state index is 12.4. The zero-order chi connectivity index (χ0) is 14.7. The van der Waals surface area contributed by atoms with E-state index < -0.39 is 0 Å². The van der Waals surface area contributed by atoms with Crippen LogP contribution in [-0.2, 0) is 0 Å². The molecule has 0 atom stereocenters. The van der Waals surface area contributed by atoms with Gasteiger partial charge in [0.05, 0.1) is 7.11 Å². The van der Waals surface area contributed by atoms with Gasteiger partial charge in [-0.25, -0.2) is 4.98 Å². The fourth-order valence-corrected chi connectivity index (χ4v) is 2.28. The Hall–Kier alpha value is -2.36. The SMILES string of the molecule is COc1ncccc1C(=O)Nc1c(C)cc(C)cc1C. The van der Waals surface area contributed by atoms with Gasteiger partial charge in [0.15, 0.2) is 0 Å². The van der Waals surface area contributed by atoms with Gasteiger partial charge in [0.1, 0.15) is 5.56 Å². The van der Waals surface area contributed by atoms with Crippen molar-refractivity contribution >= 4 is 11.6 Å². The second-order valence-corrected chi connectivity index (χ2v) is 4.79. The van der Waals surface area contributed by atoms with Crippen molar-refractivity contribution in [2.75, 3.05) is 12.4 Å². The Kier molecular flexibility index (Phi) is 4.03. The molecule has 4 heteroatoms. The molecule has 4 nitrogen and oxygen atoms in total. The minimum atomic E-state index is -0.218. The molecule has 0 bridgehead atoms. The lowest BCUT2D eigenvalue weighted by atomic mass is 10.0. The Balaban J connectivity index is 2.33. The van der Waals surface area contributed by atoms with Gasteiger partial charge in [-0.1, -0.05) is 17.7 Å². The molecule has 0 unspecified atom stereocenters. The summed E-state index contributed by atoms with van der Waals surface area (Å²) in [7, 11) is 1.50. The zero-order valence-electron chi connectivity index (χ0n) is 12.2. The van der Waals surface area contributed by atoms with E-state index in [9.17, 15) is 4.79 Å². The summed E-state index contributed by atoms with van der Waals surface area (Å²) >= 11 is 0.